The van der Waals surface area contributed by atoms with Crippen LogP contribution in [0.1, 0.15) is 22.5 Å². The first-order chi connectivity index (χ1) is 18.2. The Balaban J connectivity index is 1.25. The molecule has 0 aliphatic heterocycles. The average molecular weight is 522 g/mol. The number of nitrogens with one attached hydrogen (secondary N) is 1. The molecule has 4 aromatic heterocycles. The first kappa shape index (κ1) is 24.7. The van der Waals surface area contributed by atoms with E-state index in [4.69, 9.17) is 10.5 Å². The number of nitrogens with zero attached hydrogens (tertiary/aromatic N) is 6. The van der Waals surface area contributed by atoms with Crippen LogP contribution < -0.4 is 15.8 Å². The number of anilines is 1. The first-order valence-corrected chi connectivity index (χ1v) is 11.4. The van der Waals surface area contributed by atoms with Gasteiger partial charge in [-0.05, 0) is 40.8 Å². The number of pyridine rings is 2. The molecule has 3 N–H and O–H groups in total. The van der Waals surface area contributed by atoms with Gasteiger partial charge >= 0.3 is 12.3 Å². The number of hydrogen-bond acceptors (Lipinski definition) is 7. The molecule has 0 unspecified atom stereocenters. The zero-order valence-electron chi connectivity index (χ0n) is 19.8. The molecule has 0 saturated carbocycles. The van der Waals surface area contributed by atoms with Crippen LogP contribution in [0, 0.1) is 0 Å². The second-order valence-corrected chi connectivity index (χ2v) is 8.39. The number of ether oxygens (including phenoxy) is 1. The minimum Gasteiger partial charge on any atom is -0.406 e. The highest BCUT2D eigenvalue weighted by atomic mass is 19.4. The SMILES string of the molecule is Nc1nccc2cc(CNC(=O)Oc3cn(Cc4ccc(Cn5cccn5)nc4)nc3C(F)(F)F)ccc12. The summed E-state index contributed by atoms with van der Waals surface area (Å²) >= 11 is 0. The molecule has 0 fully saturated rings. The van der Waals surface area contributed by atoms with Crippen LogP contribution in [0.2, 0.25) is 0 Å². The standard InChI is InChI=1S/C25H21F3N8O2/c26-25(27,28)22-21(38-24(37)32-11-16-3-5-20-18(10-16)6-8-30-23(20)29)15-36(34-22)13-17-2-4-19(31-12-17)14-35-9-1-7-33-35/h1-10,12,15H,11,13-14H2,(H2,29,30)(H,32,37). The predicted octanol–water partition coefficient (Wildman–Crippen LogP) is 4.01. The summed E-state index contributed by atoms with van der Waals surface area (Å²) in [5.74, 6) is -0.324. The Morgan fingerprint density at radius 3 is 2.61 bits per heavy atom. The summed E-state index contributed by atoms with van der Waals surface area (Å²) in [5, 5.41) is 11.7. The van der Waals surface area contributed by atoms with Crippen LogP contribution in [-0.4, -0.2) is 35.6 Å². The van der Waals surface area contributed by atoms with Gasteiger partial charge < -0.3 is 15.8 Å². The number of halogens is 3. The minimum absolute atomic E-state index is 0.00180. The number of alkyl halides is 3. The van der Waals surface area contributed by atoms with Crippen LogP contribution in [0.5, 0.6) is 5.75 Å². The Morgan fingerprint density at radius 1 is 1.03 bits per heavy atom. The third kappa shape index (κ3) is 5.72. The molecule has 0 bridgehead atoms. The van der Waals surface area contributed by atoms with Crippen molar-refractivity contribution in [3.05, 3.63) is 96.0 Å². The number of hydrogen-bond donors (Lipinski definition) is 2. The lowest BCUT2D eigenvalue weighted by atomic mass is 10.1. The van der Waals surface area contributed by atoms with Crippen LogP contribution in [0.15, 0.2) is 73.4 Å². The van der Waals surface area contributed by atoms with E-state index >= 15 is 0 Å². The van der Waals surface area contributed by atoms with Crippen molar-refractivity contribution in [3.8, 4) is 5.75 Å². The Morgan fingerprint density at radius 2 is 1.87 bits per heavy atom. The summed E-state index contributed by atoms with van der Waals surface area (Å²) in [7, 11) is 0. The molecule has 0 atom stereocenters. The van der Waals surface area contributed by atoms with Crippen molar-refractivity contribution >= 4 is 22.7 Å². The number of rotatable bonds is 7. The highest BCUT2D eigenvalue weighted by Gasteiger charge is 2.39. The molecule has 0 saturated heterocycles. The third-order valence-electron chi connectivity index (χ3n) is 5.61. The second-order valence-electron chi connectivity index (χ2n) is 8.39. The summed E-state index contributed by atoms with van der Waals surface area (Å²) in [5.41, 5.74) is 6.60. The van der Waals surface area contributed by atoms with Crippen LogP contribution in [-0.2, 0) is 25.8 Å². The van der Waals surface area contributed by atoms with Crippen LogP contribution in [0.25, 0.3) is 10.8 Å². The molecule has 38 heavy (non-hydrogen) atoms. The van der Waals surface area contributed by atoms with Gasteiger partial charge in [-0.25, -0.2) is 9.78 Å². The largest absolute Gasteiger partial charge is 0.438 e. The molecule has 5 aromatic rings. The van der Waals surface area contributed by atoms with Gasteiger partial charge in [-0.2, -0.15) is 23.4 Å². The van der Waals surface area contributed by atoms with E-state index in [1.54, 1.807) is 71.9 Å². The zero-order valence-corrected chi connectivity index (χ0v) is 19.8. The van der Waals surface area contributed by atoms with Crippen LogP contribution >= 0.6 is 0 Å². The maximum atomic E-state index is 13.6. The molecule has 1 aromatic carbocycles. The fourth-order valence-corrected chi connectivity index (χ4v) is 3.82. The molecule has 10 nitrogen and oxygen atoms in total. The Bertz CT molecular complexity index is 1560. The third-order valence-corrected chi connectivity index (χ3v) is 5.61. The number of nitrogens with two attached hydrogens (primary N) is 1. The van der Waals surface area contributed by atoms with E-state index < -0.39 is 23.7 Å². The van der Waals surface area contributed by atoms with Gasteiger partial charge in [0.15, 0.2) is 5.75 Å². The number of nitrogen functional groups attached to an aromatic ring is 1. The summed E-state index contributed by atoms with van der Waals surface area (Å²) < 4.78 is 48.5. The van der Waals surface area contributed by atoms with Gasteiger partial charge in [-0.15, -0.1) is 0 Å². The normalized spacial score (nSPS) is 11.6. The molecule has 0 radical (unpaired) electrons. The van der Waals surface area contributed by atoms with E-state index in [2.05, 4.69) is 25.5 Å². The summed E-state index contributed by atoms with van der Waals surface area (Å²) in [6.07, 6.45) is 1.73. The second kappa shape index (κ2) is 10.2. The molecule has 0 aliphatic carbocycles. The molecule has 5 rings (SSSR count). The zero-order chi connectivity index (χ0) is 26.7. The van der Waals surface area contributed by atoms with Crippen molar-refractivity contribution < 1.29 is 22.7 Å². The fourth-order valence-electron chi connectivity index (χ4n) is 3.82. The van der Waals surface area contributed by atoms with Gasteiger partial charge in [0.2, 0.25) is 5.69 Å². The maximum Gasteiger partial charge on any atom is 0.438 e. The van der Waals surface area contributed by atoms with Crippen molar-refractivity contribution in [1.29, 1.82) is 0 Å². The lowest BCUT2D eigenvalue weighted by Gasteiger charge is -2.09. The molecule has 0 aliphatic rings. The number of aromatic nitrogens is 6. The van der Waals surface area contributed by atoms with Gasteiger partial charge in [0.1, 0.15) is 5.82 Å². The molecule has 1 amide bonds. The molecular weight excluding hydrogens is 501 g/mol. The lowest BCUT2D eigenvalue weighted by molar-refractivity contribution is -0.142. The molecular formula is C25H21F3N8O2. The van der Waals surface area contributed by atoms with E-state index in [9.17, 15) is 18.0 Å². The quantitative estimate of drug-likeness (QED) is 0.331. The highest BCUT2D eigenvalue weighted by molar-refractivity contribution is 5.91. The van der Waals surface area contributed by atoms with Gasteiger partial charge in [-0.1, -0.05) is 18.2 Å². The number of carbonyl (C=O) groups excluding carboxylic acids is 1. The van der Waals surface area contributed by atoms with Crippen molar-refractivity contribution in [2.24, 2.45) is 0 Å². The average Bonchev–Trinajstić information content (AvgIpc) is 3.54. The Kier molecular flexibility index (Phi) is 6.64. The van der Waals surface area contributed by atoms with E-state index in [0.717, 1.165) is 27.3 Å². The number of fused-ring (bicyclic) bond motifs is 1. The number of benzene rings is 1. The minimum atomic E-state index is -4.82. The monoisotopic (exact) mass is 522 g/mol. The smallest absolute Gasteiger partial charge is 0.406 e. The van der Waals surface area contributed by atoms with E-state index in [-0.39, 0.29) is 13.1 Å². The number of amides is 1. The van der Waals surface area contributed by atoms with Crippen molar-refractivity contribution in [2.45, 2.75) is 25.8 Å². The molecule has 0 spiro atoms. The number of carbonyl (C=O) groups is 1. The maximum absolute atomic E-state index is 13.6. The van der Waals surface area contributed by atoms with Gasteiger partial charge in [-0.3, -0.25) is 14.3 Å². The van der Waals surface area contributed by atoms with Crippen LogP contribution in [0.4, 0.5) is 23.8 Å². The predicted molar refractivity (Wildman–Crippen MR) is 131 cm³/mol. The van der Waals surface area contributed by atoms with Crippen molar-refractivity contribution in [3.63, 3.8) is 0 Å². The van der Waals surface area contributed by atoms with Crippen molar-refractivity contribution in [1.82, 2.24) is 34.8 Å². The fraction of sp³-hybridized carbons (Fsp3) is 0.160. The Hall–Kier alpha value is -4.94. The van der Waals surface area contributed by atoms with Gasteiger partial charge in [0.25, 0.3) is 0 Å². The summed E-state index contributed by atoms with van der Waals surface area (Å²) in [6, 6.07) is 12.3. The topological polar surface area (TPSA) is 126 Å². The Labute approximate surface area is 213 Å². The van der Waals surface area contributed by atoms with Gasteiger partial charge in [0, 0.05) is 36.7 Å². The molecule has 4 heterocycles. The summed E-state index contributed by atoms with van der Waals surface area (Å²) in [4.78, 5) is 20.7. The first-order valence-electron chi connectivity index (χ1n) is 11.4. The molecule has 13 heteroatoms. The van der Waals surface area contributed by atoms with E-state index in [1.165, 1.54) is 0 Å². The lowest BCUT2D eigenvalue weighted by Crippen LogP contribution is -2.27. The highest BCUT2D eigenvalue weighted by Crippen LogP contribution is 2.35. The van der Waals surface area contributed by atoms with E-state index in [0.29, 0.717) is 23.5 Å². The van der Waals surface area contributed by atoms with Gasteiger partial charge in [0.05, 0.1) is 25.0 Å². The summed E-state index contributed by atoms with van der Waals surface area (Å²) in [6.45, 7) is 0.492. The van der Waals surface area contributed by atoms with Crippen LogP contribution in [0.3, 0.4) is 0 Å². The van der Waals surface area contributed by atoms with Crippen molar-refractivity contribution in [2.75, 3.05) is 5.73 Å². The van der Waals surface area contributed by atoms with E-state index in [1.807, 2.05) is 0 Å². The molecule has 194 valence electrons.